The predicted molar refractivity (Wildman–Crippen MR) is 44.4 cm³/mol. The highest BCUT2D eigenvalue weighted by Gasteiger charge is 2.04. The zero-order chi connectivity index (χ0) is 10.9. The smallest absolute Gasteiger partial charge is 0.236 e. The minimum absolute atomic E-state index is 0.365. The maximum Gasteiger partial charge on any atom is 0.236 e. The van der Waals surface area contributed by atoms with Crippen LogP contribution in [0.3, 0.4) is 0 Å². The molecule has 13 heavy (non-hydrogen) atoms. The van der Waals surface area contributed by atoms with E-state index in [1.807, 2.05) is 0 Å². The molecule has 0 aliphatic carbocycles. The number of rotatable bonds is 4. The van der Waals surface area contributed by atoms with Gasteiger partial charge in [-0.15, -0.1) is 0 Å². The fourth-order valence-corrected chi connectivity index (χ4v) is 0.148. The summed E-state index contributed by atoms with van der Waals surface area (Å²) in [7, 11) is 0. The molecule has 7 heteroatoms. The van der Waals surface area contributed by atoms with Crippen molar-refractivity contribution in [2.75, 3.05) is 19.8 Å². The zero-order valence-electron chi connectivity index (χ0n) is 7.13. The van der Waals surface area contributed by atoms with Gasteiger partial charge < -0.3 is 31.9 Å². The van der Waals surface area contributed by atoms with Gasteiger partial charge in [-0.2, -0.15) is 0 Å². The zero-order valence-corrected chi connectivity index (χ0v) is 7.13. The van der Waals surface area contributed by atoms with E-state index in [2.05, 4.69) is 5.73 Å². The largest absolute Gasteiger partial charge is 0.394 e. The summed E-state index contributed by atoms with van der Waals surface area (Å²) >= 11 is 0. The Kier molecular flexibility index (Phi) is 10.6. The first-order valence-corrected chi connectivity index (χ1v) is 3.55. The van der Waals surface area contributed by atoms with E-state index >= 15 is 0 Å². The number of amides is 1. The molecule has 0 aromatic rings. The molecule has 80 valence electrons. The van der Waals surface area contributed by atoms with Gasteiger partial charge >= 0.3 is 0 Å². The lowest BCUT2D eigenvalue weighted by molar-refractivity contribution is -0.120. The molecule has 8 N–H and O–H groups in total. The number of aliphatic hydroxyl groups is 4. The van der Waals surface area contributed by atoms with Crippen LogP contribution in [0.15, 0.2) is 0 Å². The van der Waals surface area contributed by atoms with Gasteiger partial charge in [0, 0.05) is 0 Å². The number of carbonyl (C=O) groups is 1. The summed E-state index contributed by atoms with van der Waals surface area (Å²) in [5.74, 6) is -0.678. The van der Waals surface area contributed by atoms with Crippen molar-refractivity contribution in [2.45, 2.75) is 12.1 Å². The molecule has 0 rings (SSSR count). The average molecular weight is 196 g/mol. The van der Waals surface area contributed by atoms with E-state index in [0.717, 1.165) is 0 Å². The van der Waals surface area contributed by atoms with Crippen molar-refractivity contribution in [1.82, 2.24) is 0 Å². The number of primary amides is 1. The Balaban J connectivity index is 0. The van der Waals surface area contributed by atoms with E-state index in [9.17, 15) is 4.79 Å². The van der Waals surface area contributed by atoms with E-state index < -0.39 is 18.1 Å². The average Bonchev–Trinajstić information content (AvgIpc) is 2.16. The van der Waals surface area contributed by atoms with Crippen molar-refractivity contribution in [3.63, 3.8) is 0 Å². The highest BCUT2D eigenvalue weighted by molar-refractivity contribution is 5.79. The van der Waals surface area contributed by atoms with Crippen molar-refractivity contribution in [3.8, 4) is 0 Å². The van der Waals surface area contributed by atoms with Crippen LogP contribution in [-0.2, 0) is 4.79 Å². The fourth-order valence-electron chi connectivity index (χ4n) is 0.148. The first kappa shape index (κ1) is 14.8. The van der Waals surface area contributed by atoms with E-state index in [4.69, 9.17) is 26.2 Å². The van der Waals surface area contributed by atoms with E-state index in [1.165, 1.54) is 0 Å². The van der Waals surface area contributed by atoms with Crippen LogP contribution in [0, 0.1) is 0 Å². The second kappa shape index (κ2) is 9.36. The molecule has 7 nitrogen and oxygen atoms in total. The third-order valence-corrected chi connectivity index (χ3v) is 0.984. The first-order valence-electron chi connectivity index (χ1n) is 3.55. The lowest BCUT2D eigenvalue weighted by atomic mass is 10.3. The molecule has 0 aromatic carbocycles. The maximum absolute atomic E-state index is 9.87. The van der Waals surface area contributed by atoms with Crippen LogP contribution in [0.25, 0.3) is 0 Å². The summed E-state index contributed by atoms with van der Waals surface area (Å²) in [6, 6.07) is -0.903. The van der Waals surface area contributed by atoms with Gasteiger partial charge in [0.2, 0.25) is 5.91 Å². The molecule has 1 unspecified atom stereocenters. The Bertz CT molecular complexity index is 128. The molecule has 0 heterocycles. The third kappa shape index (κ3) is 11.3. The number of nitrogens with two attached hydrogens (primary N) is 2. The van der Waals surface area contributed by atoms with Gasteiger partial charge in [-0.05, 0) is 0 Å². The summed E-state index contributed by atoms with van der Waals surface area (Å²) in [5, 5.41) is 32.1. The molecule has 0 radical (unpaired) electrons. The van der Waals surface area contributed by atoms with Crippen LogP contribution in [0.1, 0.15) is 0 Å². The quantitative estimate of drug-likeness (QED) is 0.271. The molecule has 0 fully saturated rings. The Morgan fingerprint density at radius 2 is 1.54 bits per heavy atom. The van der Waals surface area contributed by atoms with Gasteiger partial charge in [-0.25, -0.2) is 0 Å². The number of hydrogen-bond donors (Lipinski definition) is 6. The van der Waals surface area contributed by atoms with Crippen LogP contribution in [0.2, 0.25) is 0 Å². The second-order valence-corrected chi connectivity index (χ2v) is 2.21. The summed E-state index contributed by atoms with van der Waals surface area (Å²) < 4.78 is 0. The molecule has 0 spiro atoms. The van der Waals surface area contributed by atoms with Gasteiger partial charge in [-0.1, -0.05) is 0 Å². The van der Waals surface area contributed by atoms with Crippen molar-refractivity contribution >= 4 is 5.91 Å². The third-order valence-electron chi connectivity index (χ3n) is 0.984. The van der Waals surface area contributed by atoms with Crippen LogP contribution in [-0.4, -0.2) is 58.3 Å². The maximum atomic E-state index is 9.87. The summed E-state index contributed by atoms with van der Waals surface area (Å²) in [5.41, 5.74) is 9.51. The van der Waals surface area contributed by atoms with Crippen LogP contribution in [0.4, 0.5) is 0 Å². The monoisotopic (exact) mass is 196 g/mol. The Hall–Kier alpha value is -0.730. The minimum atomic E-state index is -0.954. The minimum Gasteiger partial charge on any atom is -0.394 e. The number of aliphatic hydroxyl groups excluding tert-OH is 4. The fraction of sp³-hybridized carbons (Fsp3) is 0.833. The van der Waals surface area contributed by atoms with Crippen LogP contribution < -0.4 is 11.5 Å². The van der Waals surface area contributed by atoms with Crippen molar-refractivity contribution < 1.29 is 25.2 Å². The molecule has 1 atom stereocenters. The van der Waals surface area contributed by atoms with Crippen molar-refractivity contribution in [3.05, 3.63) is 0 Å². The van der Waals surface area contributed by atoms with E-state index in [-0.39, 0.29) is 19.8 Å². The highest BCUT2D eigenvalue weighted by atomic mass is 16.3. The topological polar surface area (TPSA) is 150 Å². The highest BCUT2D eigenvalue weighted by Crippen LogP contribution is 1.71. The van der Waals surface area contributed by atoms with Crippen molar-refractivity contribution in [2.24, 2.45) is 11.5 Å². The SMILES string of the molecule is NC(=O)C(N)CO.OCC(O)CO. The molecule has 1 amide bonds. The molecule has 0 saturated carbocycles. The van der Waals surface area contributed by atoms with Gasteiger partial charge in [0.25, 0.3) is 0 Å². The normalized spacial score (nSPS) is 11.8. The number of hydrogen-bond acceptors (Lipinski definition) is 6. The Labute approximate surface area is 75.6 Å². The number of carbonyl (C=O) groups excluding carboxylic acids is 1. The molecular formula is C6H16N2O5. The summed E-state index contributed by atoms with van der Waals surface area (Å²) in [6.07, 6.45) is -0.954. The van der Waals surface area contributed by atoms with Gasteiger partial charge in [0.05, 0.1) is 19.8 Å². The summed E-state index contributed by atoms with van der Waals surface area (Å²) in [6.45, 7) is -1.11. The van der Waals surface area contributed by atoms with Crippen LogP contribution in [0.5, 0.6) is 0 Å². The lowest BCUT2D eigenvalue weighted by Crippen LogP contribution is -2.39. The molecule has 0 aliphatic rings. The summed E-state index contributed by atoms with van der Waals surface area (Å²) in [4.78, 5) is 9.87. The Morgan fingerprint density at radius 1 is 1.15 bits per heavy atom. The van der Waals surface area contributed by atoms with Gasteiger partial charge in [-0.3, -0.25) is 4.79 Å². The molecule has 0 saturated heterocycles. The molecule has 0 bridgehead atoms. The predicted octanol–water partition coefficient (Wildman–Crippen LogP) is -3.88. The lowest BCUT2D eigenvalue weighted by Gasteiger charge is -1.97. The molecule has 0 aromatic heterocycles. The first-order chi connectivity index (χ1) is 5.99. The van der Waals surface area contributed by atoms with Crippen LogP contribution >= 0.6 is 0 Å². The van der Waals surface area contributed by atoms with Gasteiger partial charge in [0.15, 0.2) is 0 Å². The molecular weight excluding hydrogens is 180 g/mol. The van der Waals surface area contributed by atoms with Crippen molar-refractivity contribution in [1.29, 1.82) is 0 Å². The Morgan fingerprint density at radius 3 is 1.54 bits per heavy atom. The van der Waals surface area contributed by atoms with Gasteiger partial charge in [0.1, 0.15) is 12.1 Å². The van der Waals surface area contributed by atoms with E-state index in [1.54, 1.807) is 0 Å². The molecule has 0 aliphatic heterocycles. The second-order valence-electron chi connectivity index (χ2n) is 2.21. The standard InChI is InChI=1S/C3H8N2O2.C3H8O3/c4-2(1-6)3(5)7;4-1-3(6)2-5/h2,6H,1,4H2,(H2,5,7);3-6H,1-2H2. The van der Waals surface area contributed by atoms with E-state index in [0.29, 0.717) is 0 Å².